The Morgan fingerprint density at radius 2 is 2.07 bits per heavy atom. The summed E-state index contributed by atoms with van der Waals surface area (Å²) in [6.45, 7) is 2.31. The molecule has 0 aromatic heterocycles. The summed E-state index contributed by atoms with van der Waals surface area (Å²) in [6.07, 6.45) is 5.13. The topological polar surface area (TPSA) is 26.3 Å². The lowest BCUT2D eigenvalue weighted by Gasteiger charge is -1.98. The second-order valence-corrected chi connectivity index (χ2v) is 3.25. The highest BCUT2D eigenvalue weighted by Gasteiger charge is 1.97. The van der Waals surface area contributed by atoms with E-state index in [0.29, 0.717) is 13.0 Å². The monoisotopic (exact) mass is 204 g/mol. The van der Waals surface area contributed by atoms with Gasteiger partial charge in [-0.05, 0) is 18.1 Å². The van der Waals surface area contributed by atoms with Crippen LogP contribution in [0.15, 0.2) is 36.4 Å². The Kier molecular flexibility index (Phi) is 5.23. The zero-order chi connectivity index (χ0) is 10.9. The first kappa shape index (κ1) is 11.5. The molecular weight excluding hydrogens is 188 g/mol. The van der Waals surface area contributed by atoms with Gasteiger partial charge in [0.25, 0.3) is 0 Å². The van der Waals surface area contributed by atoms with Gasteiger partial charge in [0.1, 0.15) is 6.61 Å². The van der Waals surface area contributed by atoms with E-state index in [4.69, 9.17) is 4.74 Å². The number of benzene rings is 1. The lowest BCUT2D eigenvalue weighted by atomic mass is 10.2. The van der Waals surface area contributed by atoms with Gasteiger partial charge in [-0.15, -0.1) is 0 Å². The Morgan fingerprint density at radius 3 is 2.73 bits per heavy atom. The van der Waals surface area contributed by atoms with Crippen LogP contribution in [-0.4, -0.2) is 12.6 Å². The first-order chi connectivity index (χ1) is 7.33. The van der Waals surface area contributed by atoms with Crippen molar-refractivity contribution < 1.29 is 9.53 Å². The van der Waals surface area contributed by atoms with Crippen molar-refractivity contribution in [2.45, 2.75) is 19.8 Å². The van der Waals surface area contributed by atoms with Crippen molar-refractivity contribution >= 4 is 12.0 Å². The molecule has 1 aromatic carbocycles. The number of carbonyl (C=O) groups is 1. The van der Waals surface area contributed by atoms with Crippen LogP contribution < -0.4 is 0 Å². The molecule has 2 nitrogen and oxygen atoms in total. The van der Waals surface area contributed by atoms with Crippen LogP contribution in [0.4, 0.5) is 0 Å². The molecule has 0 N–H and O–H groups in total. The van der Waals surface area contributed by atoms with Crippen LogP contribution in [0.5, 0.6) is 0 Å². The van der Waals surface area contributed by atoms with E-state index in [0.717, 1.165) is 12.0 Å². The third kappa shape index (κ3) is 5.01. The van der Waals surface area contributed by atoms with Gasteiger partial charge in [0.2, 0.25) is 0 Å². The van der Waals surface area contributed by atoms with Crippen molar-refractivity contribution in [3.05, 3.63) is 42.0 Å². The second kappa shape index (κ2) is 6.82. The SMILES string of the molecule is CCCC(=O)OCC=Cc1ccccc1. The minimum absolute atomic E-state index is 0.129. The molecule has 0 saturated carbocycles. The molecule has 0 aliphatic carbocycles. The fraction of sp³-hybridized carbons (Fsp3) is 0.308. The average Bonchev–Trinajstić information content (AvgIpc) is 2.26. The molecule has 0 radical (unpaired) electrons. The smallest absolute Gasteiger partial charge is 0.306 e. The number of carbonyl (C=O) groups excluding carboxylic acids is 1. The van der Waals surface area contributed by atoms with Gasteiger partial charge < -0.3 is 4.74 Å². The number of hydrogen-bond acceptors (Lipinski definition) is 2. The lowest BCUT2D eigenvalue weighted by molar-refractivity contribution is -0.142. The molecule has 0 aliphatic rings. The first-order valence-electron chi connectivity index (χ1n) is 5.20. The normalized spacial score (nSPS) is 10.5. The predicted molar refractivity (Wildman–Crippen MR) is 61.3 cm³/mol. The minimum Gasteiger partial charge on any atom is -0.461 e. The molecule has 0 unspecified atom stereocenters. The highest BCUT2D eigenvalue weighted by Crippen LogP contribution is 2.00. The molecule has 1 aromatic rings. The zero-order valence-electron chi connectivity index (χ0n) is 8.98. The van der Waals surface area contributed by atoms with Crippen molar-refractivity contribution in [2.24, 2.45) is 0 Å². The number of hydrogen-bond donors (Lipinski definition) is 0. The highest BCUT2D eigenvalue weighted by atomic mass is 16.5. The van der Waals surface area contributed by atoms with Gasteiger partial charge in [-0.3, -0.25) is 4.79 Å². The van der Waals surface area contributed by atoms with Gasteiger partial charge in [-0.2, -0.15) is 0 Å². The van der Waals surface area contributed by atoms with Gasteiger partial charge >= 0.3 is 5.97 Å². The largest absolute Gasteiger partial charge is 0.461 e. The summed E-state index contributed by atoms with van der Waals surface area (Å²) in [4.78, 5) is 11.0. The lowest BCUT2D eigenvalue weighted by Crippen LogP contribution is -2.02. The van der Waals surface area contributed by atoms with Crippen LogP contribution >= 0.6 is 0 Å². The maximum absolute atomic E-state index is 11.0. The second-order valence-electron chi connectivity index (χ2n) is 3.25. The third-order valence-electron chi connectivity index (χ3n) is 1.90. The Morgan fingerprint density at radius 1 is 1.33 bits per heavy atom. The number of ether oxygens (including phenoxy) is 1. The van der Waals surface area contributed by atoms with Gasteiger partial charge in [0, 0.05) is 6.42 Å². The molecule has 15 heavy (non-hydrogen) atoms. The molecule has 0 heterocycles. The Balaban J connectivity index is 2.26. The van der Waals surface area contributed by atoms with E-state index in [1.807, 2.05) is 49.4 Å². The zero-order valence-corrected chi connectivity index (χ0v) is 8.98. The Labute approximate surface area is 90.6 Å². The van der Waals surface area contributed by atoms with Crippen molar-refractivity contribution in [2.75, 3.05) is 6.61 Å². The summed E-state index contributed by atoms with van der Waals surface area (Å²) in [5.41, 5.74) is 1.11. The summed E-state index contributed by atoms with van der Waals surface area (Å²) in [6, 6.07) is 9.93. The predicted octanol–water partition coefficient (Wildman–Crippen LogP) is 3.04. The maximum Gasteiger partial charge on any atom is 0.306 e. The number of esters is 1. The van der Waals surface area contributed by atoms with Crippen LogP contribution in [-0.2, 0) is 9.53 Å². The molecule has 80 valence electrons. The molecule has 1 rings (SSSR count). The molecule has 0 amide bonds. The van der Waals surface area contributed by atoms with Gasteiger partial charge in [0.15, 0.2) is 0 Å². The van der Waals surface area contributed by atoms with E-state index in [1.54, 1.807) is 0 Å². The summed E-state index contributed by atoms with van der Waals surface area (Å²) < 4.78 is 4.98. The van der Waals surface area contributed by atoms with Crippen molar-refractivity contribution in [1.29, 1.82) is 0 Å². The third-order valence-corrected chi connectivity index (χ3v) is 1.90. The van der Waals surface area contributed by atoms with E-state index in [-0.39, 0.29) is 5.97 Å². The van der Waals surface area contributed by atoms with E-state index in [1.165, 1.54) is 0 Å². The van der Waals surface area contributed by atoms with E-state index >= 15 is 0 Å². The molecular formula is C13H16O2. The van der Waals surface area contributed by atoms with Crippen molar-refractivity contribution in [3.63, 3.8) is 0 Å². The summed E-state index contributed by atoms with van der Waals surface area (Å²) >= 11 is 0. The van der Waals surface area contributed by atoms with Gasteiger partial charge in [-0.1, -0.05) is 43.3 Å². The molecule has 0 spiro atoms. The van der Waals surface area contributed by atoms with Crippen LogP contribution in [0.1, 0.15) is 25.3 Å². The summed E-state index contributed by atoms with van der Waals surface area (Å²) in [5, 5.41) is 0. The quantitative estimate of drug-likeness (QED) is 0.689. The maximum atomic E-state index is 11.0. The number of rotatable bonds is 5. The summed E-state index contributed by atoms with van der Waals surface area (Å²) in [5.74, 6) is -0.129. The molecule has 2 heteroatoms. The van der Waals surface area contributed by atoms with Gasteiger partial charge in [0.05, 0.1) is 0 Å². The van der Waals surface area contributed by atoms with E-state index < -0.39 is 0 Å². The average molecular weight is 204 g/mol. The van der Waals surface area contributed by atoms with Crippen LogP contribution in [0.2, 0.25) is 0 Å². The van der Waals surface area contributed by atoms with E-state index in [2.05, 4.69) is 0 Å². The standard InChI is InChI=1S/C13H16O2/c1-2-7-13(14)15-11-6-10-12-8-4-3-5-9-12/h3-6,8-10H,2,7,11H2,1H3. The Hall–Kier alpha value is -1.57. The highest BCUT2D eigenvalue weighted by molar-refractivity contribution is 5.69. The van der Waals surface area contributed by atoms with Crippen LogP contribution in [0, 0.1) is 0 Å². The molecule has 0 fully saturated rings. The van der Waals surface area contributed by atoms with E-state index in [9.17, 15) is 4.79 Å². The first-order valence-corrected chi connectivity index (χ1v) is 5.20. The van der Waals surface area contributed by atoms with Crippen molar-refractivity contribution in [3.8, 4) is 0 Å². The van der Waals surface area contributed by atoms with Crippen LogP contribution in [0.25, 0.3) is 6.08 Å². The van der Waals surface area contributed by atoms with Crippen molar-refractivity contribution in [1.82, 2.24) is 0 Å². The van der Waals surface area contributed by atoms with Crippen LogP contribution in [0.3, 0.4) is 0 Å². The summed E-state index contributed by atoms with van der Waals surface area (Å²) in [7, 11) is 0. The molecule has 0 saturated heterocycles. The van der Waals surface area contributed by atoms with Gasteiger partial charge in [-0.25, -0.2) is 0 Å². The fourth-order valence-corrected chi connectivity index (χ4v) is 1.17. The Bertz CT molecular complexity index is 315. The minimum atomic E-state index is -0.129. The molecule has 0 atom stereocenters. The fourth-order valence-electron chi connectivity index (χ4n) is 1.17. The molecule has 0 aliphatic heterocycles. The molecule has 0 bridgehead atoms.